The van der Waals surface area contributed by atoms with Gasteiger partial charge in [-0.2, -0.15) is 26.3 Å². The first-order chi connectivity index (χ1) is 7.50. The molecule has 17 heavy (non-hydrogen) atoms. The van der Waals surface area contributed by atoms with Gasteiger partial charge in [-0.15, -0.1) is 0 Å². The summed E-state index contributed by atoms with van der Waals surface area (Å²) in [7, 11) is 0. The second-order valence-corrected chi connectivity index (χ2v) is 3.72. The van der Waals surface area contributed by atoms with E-state index in [4.69, 9.17) is 10.6 Å². The van der Waals surface area contributed by atoms with Crippen LogP contribution in [0.15, 0.2) is 0 Å². The van der Waals surface area contributed by atoms with Crippen LogP contribution in [0.3, 0.4) is 0 Å². The molecule has 0 saturated carbocycles. The summed E-state index contributed by atoms with van der Waals surface area (Å²) in [6, 6.07) is -2.07. The highest BCUT2D eigenvalue weighted by molar-refractivity contribution is 4.86. The van der Waals surface area contributed by atoms with E-state index in [-0.39, 0.29) is 0 Å². The summed E-state index contributed by atoms with van der Waals surface area (Å²) >= 11 is 0. The number of halogens is 6. The standard InChI is InChI=1S/C8H14F6N2O/c1-4(2)17-3-5(16-15)6(7(9,10)11)8(12,13)14/h4-6,16H,3,15H2,1-2H3. The minimum atomic E-state index is -5.43. The fraction of sp³-hybridized carbons (Fsp3) is 1.00. The third-order valence-corrected chi connectivity index (χ3v) is 1.93. The van der Waals surface area contributed by atoms with E-state index in [1.807, 2.05) is 0 Å². The summed E-state index contributed by atoms with van der Waals surface area (Å²) < 4.78 is 78.6. The number of hydrazine groups is 1. The largest absolute Gasteiger partial charge is 0.402 e. The molecule has 3 N–H and O–H groups in total. The Labute approximate surface area is 94.3 Å². The van der Waals surface area contributed by atoms with Crippen LogP contribution in [0.25, 0.3) is 0 Å². The molecule has 0 aliphatic heterocycles. The lowest BCUT2D eigenvalue weighted by Gasteiger charge is -2.30. The topological polar surface area (TPSA) is 47.3 Å². The molecule has 0 aromatic carbocycles. The van der Waals surface area contributed by atoms with E-state index in [0.29, 0.717) is 0 Å². The summed E-state index contributed by atoms with van der Waals surface area (Å²) in [6.45, 7) is 2.20. The number of ether oxygens (including phenoxy) is 1. The molecule has 0 aliphatic carbocycles. The number of nitrogens with one attached hydrogen (secondary N) is 1. The van der Waals surface area contributed by atoms with Crippen molar-refractivity contribution in [3.05, 3.63) is 0 Å². The quantitative estimate of drug-likeness (QED) is 0.455. The summed E-state index contributed by atoms with van der Waals surface area (Å²) in [6.07, 6.45) is -11.4. The van der Waals surface area contributed by atoms with Gasteiger partial charge in [0.15, 0.2) is 5.92 Å². The van der Waals surface area contributed by atoms with Gasteiger partial charge in [0.25, 0.3) is 0 Å². The average Bonchev–Trinajstić information content (AvgIpc) is 2.06. The molecule has 0 spiro atoms. The molecule has 3 nitrogen and oxygen atoms in total. The summed E-state index contributed by atoms with van der Waals surface area (Å²) in [5.74, 6) is 1.17. The predicted molar refractivity (Wildman–Crippen MR) is 47.8 cm³/mol. The second kappa shape index (κ2) is 5.87. The van der Waals surface area contributed by atoms with Crippen molar-refractivity contribution in [1.82, 2.24) is 5.43 Å². The highest BCUT2D eigenvalue weighted by Gasteiger charge is 2.60. The van der Waals surface area contributed by atoms with Gasteiger partial charge in [0.1, 0.15) is 0 Å². The van der Waals surface area contributed by atoms with Crippen molar-refractivity contribution < 1.29 is 31.1 Å². The molecule has 0 amide bonds. The number of alkyl halides is 6. The SMILES string of the molecule is CC(C)OCC(NN)C(C(F)(F)F)C(F)(F)F. The van der Waals surface area contributed by atoms with Crippen LogP contribution in [0.1, 0.15) is 13.8 Å². The first-order valence-electron chi connectivity index (χ1n) is 4.71. The van der Waals surface area contributed by atoms with Gasteiger partial charge in [-0.3, -0.25) is 11.3 Å². The number of nitrogens with two attached hydrogens (primary N) is 1. The lowest BCUT2D eigenvalue weighted by molar-refractivity contribution is -0.294. The van der Waals surface area contributed by atoms with Gasteiger partial charge in [-0.25, -0.2) is 0 Å². The lowest BCUT2D eigenvalue weighted by atomic mass is 9.99. The molecule has 1 atom stereocenters. The Morgan fingerprint density at radius 3 is 1.71 bits per heavy atom. The molecular formula is C8H14F6N2O. The zero-order chi connectivity index (χ0) is 13.9. The highest BCUT2D eigenvalue weighted by atomic mass is 19.4. The molecule has 0 bridgehead atoms. The summed E-state index contributed by atoms with van der Waals surface area (Å²) in [5, 5.41) is 0. The van der Waals surface area contributed by atoms with Crippen LogP contribution in [-0.2, 0) is 4.74 Å². The van der Waals surface area contributed by atoms with E-state index in [2.05, 4.69) is 0 Å². The second-order valence-electron chi connectivity index (χ2n) is 3.72. The van der Waals surface area contributed by atoms with E-state index in [9.17, 15) is 26.3 Å². The summed E-state index contributed by atoms with van der Waals surface area (Å²) in [4.78, 5) is 0. The molecule has 104 valence electrons. The molecule has 1 unspecified atom stereocenters. The van der Waals surface area contributed by atoms with Crippen LogP contribution in [-0.4, -0.2) is 31.1 Å². The molecular weight excluding hydrogens is 254 g/mol. The molecule has 0 aromatic heterocycles. The zero-order valence-electron chi connectivity index (χ0n) is 9.19. The normalized spacial score (nSPS) is 15.7. The minimum Gasteiger partial charge on any atom is -0.377 e. The maximum Gasteiger partial charge on any atom is 0.402 e. The van der Waals surface area contributed by atoms with Gasteiger partial charge in [0, 0.05) is 0 Å². The van der Waals surface area contributed by atoms with Crippen molar-refractivity contribution in [2.45, 2.75) is 38.3 Å². The van der Waals surface area contributed by atoms with Gasteiger partial charge in [-0.1, -0.05) is 0 Å². The zero-order valence-corrected chi connectivity index (χ0v) is 9.19. The molecule has 0 fully saturated rings. The third kappa shape index (κ3) is 5.55. The van der Waals surface area contributed by atoms with Crippen molar-refractivity contribution in [1.29, 1.82) is 0 Å². The van der Waals surface area contributed by atoms with E-state index in [1.54, 1.807) is 0 Å². The van der Waals surface area contributed by atoms with E-state index < -0.39 is 37.0 Å². The smallest absolute Gasteiger partial charge is 0.377 e. The van der Waals surface area contributed by atoms with E-state index in [1.165, 1.54) is 19.3 Å². The monoisotopic (exact) mass is 268 g/mol. The van der Waals surface area contributed by atoms with Gasteiger partial charge < -0.3 is 4.74 Å². The van der Waals surface area contributed by atoms with Crippen molar-refractivity contribution in [2.75, 3.05) is 6.61 Å². The molecule has 0 aliphatic rings. The van der Waals surface area contributed by atoms with E-state index in [0.717, 1.165) is 0 Å². The first kappa shape index (κ1) is 16.5. The minimum absolute atomic E-state index is 0.493. The van der Waals surface area contributed by atoms with Gasteiger partial charge >= 0.3 is 12.4 Å². The van der Waals surface area contributed by atoms with Crippen LogP contribution in [0.5, 0.6) is 0 Å². The van der Waals surface area contributed by atoms with Crippen LogP contribution in [0.4, 0.5) is 26.3 Å². The Kier molecular flexibility index (Phi) is 5.69. The van der Waals surface area contributed by atoms with Gasteiger partial charge in [0.05, 0.1) is 18.8 Å². The predicted octanol–water partition coefficient (Wildman–Crippen LogP) is 1.98. The molecule has 0 aromatic rings. The Morgan fingerprint density at radius 1 is 1.06 bits per heavy atom. The Morgan fingerprint density at radius 2 is 1.47 bits per heavy atom. The van der Waals surface area contributed by atoms with Crippen LogP contribution >= 0.6 is 0 Å². The fourth-order valence-corrected chi connectivity index (χ4v) is 1.18. The molecule has 0 radical (unpaired) electrons. The van der Waals surface area contributed by atoms with Crippen molar-refractivity contribution in [2.24, 2.45) is 11.8 Å². The van der Waals surface area contributed by atoms with Crippen LogP contribution in [0, 0.1) is 5.92 Å². The molecule has 9 heteroatoms. The number of hydrogen-bond donors (Lipinski definition) is 2. The van der Waals surface area contributed by atoms with Gasteiger partial charge in [0.2, 0.25) is 0 Å². The van der Waals surface area contributed by atoms with Crippen molar-refractivity contribution >= 4 is 0 Å². The number of rotatable bonds is 5. The third-order valence-electron chi connectivity index (χ3n) is 1.93. The van der Waals surface area contributed by atoms with Crippen molar-refractivity contribution in [3.8, 4) is 0 Å². The molecule has 0 saturated heterocycles. The fourth-order valence-electron chi connectivity index (χ4n) is 1.18. The first-order valence-corrected chi connectivity index (χ1v) is 4.71. The highest BCUT2D eigenvalue weighted by Crippen LogP contribution is 2.41. The number of hydrogen-bond acceptors (Lipinski definition) is 3. The Bertz CT molecular complexity index is 213. The molecule has 0 heterocycles. The van der Waals surface area contributed by atoms with Crippen LogP contribution < -0.4 is 11.3 Å². The average molecular weight is 268 g/mol. The molecule has 0 rings (SSSR count). The maximum atomic E-state index is 12.3. The maximum absolute atomic E-state index is 12.3. The van der Waals surface area contributed by atoms with E-state index >= 15 is 0 Å². The lowest BCUT2D eigenvalue weighted by Crippen LogP contribution is -2.55. The Balaban J connectivity index is 4.88. The van der Waals surface area contributed by atoms with Crippen molar-refractivity contribution in [3.63, 3.8) is 0 Å². The van der Waals surface area contributed by atoms with Gasteiger partial charge in [-0.05, 0) is 13.8 Å². The summed E-state index contributed by atoms with van der Waals surface area (Å²) in [5.41, 5.74) is 1.51. The Hall–Kier alpha value is -0.540. The van der Waals surface area contributed by atoms with Crippen LogP contribution in [0.2, 0.25) is 0 Å².